The van der Waals surface area contributed by atoms with E-state index in [4.69, 9.17) is 5.11 Å². The van der Waals surface area contributed by atoms with Crippen LogP contribution in [0.15, 0.2) is 12.4 Å². The molecule has 66 valence electrons. The van der Waals surface area contributed by atoms with E-state index < -0.39 is 6.10 Å². The lowest BCUT2D eigenvalue weighted by molar-refractivity contribution is 0.101. The number of carbonyl (C=O) groups is 1. The van der Waals surface area contributed by atoms with Crippen LogP contribution < -0.4 is 0 Å². The third kappa shape index (κ3) is 2.17. The van der Waals surface area contributed by atoms with Gasteiger partial charge in [0.05, 0.1) is 24.4 Å². The molecular formula is C8H12N2O2. The Kier molecular flexibility index (Phi) is 2.60. The number of Topliss-reactive ketones (excluding diaryl/α,β-unsaturated/α-hetero) is 1. The predicted molar refractivity (Wildman–Crippen MR) is 43.9 cm³/mol. The van der Waals surface area contributed by atoms with Crippen molar-refractivity contribution in [1.29, 1.82) is 0 Å². The Bertz CT molecular complexity index is 278. The highest BCUT2D eigenvalue weighted by atomic mass is 16.3. The van der Waals surface area contributed by atoms with Crippen LogP contribution in [0.3, 0.4) is 0 Å². The number of aliphatic hydroxyl groups excluding tert-OH is 1. The summed E-state index contributed by atoms with van der Waals surface area (Å²) in [5.41, 5.74) is 0.579. The average Bonchev–Trinajstić information content (AvgIpc) is 2.34. The zero-order chi connectivity index (χ0) is 9.14. The molecule has 1 heterocycles. The van der Waals surface area contributed by atoms with E-state index in [1.54, 1.807) is 17.8 Å². The molecule has 0 aliphatic heterocycles. The van der Waals surface area contributed by atoms with Crippen molar-refractivity contribution >= 4 is 5.78 Å². The van der Waals surface area contributed by atoms with Crippen molar-refractivity contribution in [3.8, 4) is 0 Å². The highest BCUT2D eigenvalue weighted by Gasteiger charge is 2.04. The first-order chi connectivity index (χ1) is 5.59. The van der Waals surface area contributed by atoms with E-state index in [1.807, 2.05) is 0 Å². The van der Waals surface area contributed by atoms with Gasteiger partial charge in [-0.05, 0) is 13.8 Å². The lowest BCUT2D eigenvalue weighted by Gasteiger charge is -2.02. The summed E-state index contributed by atoms with van der Waals surface area (Å²) in [5, 5.41) is 12.9. The van der Waals surface area contributed by atoms with Crippen molar-refractivity contribution in [2.24, 2.45) is 0 Å². The summed E-state index contributed by atoms with van der Waals surface area (Å²) in [6.45, 7) is 3.59. The van der Waals surface area contributed by atoms with Gasteiger partial charge in [0.2, 0.25) is 0 Å². The van der Waals surface area contributed by atoms with Crippen LogP contribution in [0.2, 0.25) is 0 Å². The number of hydrogen-bond acceptors (Lipinski definition) is 3. The molecule has 4 nitrogen and oxygen atoms in total. The molecule has 1 rings (SSSR count). The van der Waals surface area contributed by atoms with Gasteiger partial charge >= 0.3 is 0 Å². The highest BCUT2D eigenvalue weighted by molar-refractivity contribution is 5.93. The normalized spacial score (nSPS) is 12.9. The van der Waals surface area contributed by atoms with Crippen molar-refractivity contribution in [1.82, 2.24) is 9.78 Å². The summed E-state index contributed by atoms with van der Waals surface area (Å²) in [6, 6.07) is 0. The van der Waals surface area contributed by atoms with Gasteiger partial charge in [0.25, 0.3) is 0 Å². The Morgan fingerprint density at radius 1 is 1.83 bits per heavy atom. The Labute approximate surface area is 70.8 Å². The number of aromatic nitrogens is 2. The Morgan fingerprint density at radius 3 is 2.92 bits per heavy atom. The maximum Gasteiger partial charge on any atom is 0.162 e. The van der Waals surface area contributed by atoms with Crippen molar-refractivity contribution in [3.63, 3.8) is 0 Å². The Balaban J connectivity index is 2.71. The number of hydrogen-bond donors (Lipinski definition) is 1. The van der Waals surface area contributed by atoms with Gasteiger partial charge < -0.3 is 5.11 Å². The largest absolute Gasteiger partial charge is 0.391 e. The molecular weight excluding hydrogens is 156 g/mol. The van der Waals surface area contributed by atoms with Gasteiger partial charge in [-0.25, -0.2) is 0 Å². The second kappa shape index (κ2) is 3.49. The number of ketones is 1. The summed E-state index contributed by atoms with van der Waals surface area (Å²) < 4.78 is 1.56. The van der Waals surface area contributed by atoms with Crippen molar-refractivity contribution in [2.45, 2.75) is 26.5 Å². The Morgan fingerprint density at radius 2 is 2.50 bits per heavy atom. The lowest BCUT2D eigenvalue weighted by Crippen LogP contribution is -2.11. The standard InChI is InChI=1S/C8H12N2O2/c1-6(11)4-10-5-8(3-9-10)7(2)12/h3,5-6,11H,4H2,1-2H3. The number of nitrogens with zero attached hydrogens (tertiary/aromatic N) is 2. The maximum atomic E-state index is 10.8. The van der Waals surface area contributed by atoms with E-state index in [-0.39, 0.29) is 5.78 Å². The van der Waals surface area contributed by atoms with Gasteiger partial charge in [-0.15, -0.1) is 0 Å². The number of rotatable bonds is 3. The monoisotopic (exact) mass is 168 g/mol. The predicted octanol–water partition coefficient (Wildman–Crippen LogP) is 0.467. The van der Waals surface area contributed by atoms with Crippen molar-refractivity contribution < 1.29 is 9.90 Å². The Hall–Kier alpha value is -1.16. The van der Waals surface area contributed by atoms with E-state index in [0.29, 0.717) is 12.1 Å². The molecule has 1 aromatic rings. The third-order valence-electron chi connectivity index (χ3n) is 1.49. The molecule has 0 aliphatic rings. The third-order valence-corrected chi connectivity index (χ3v) is 1.49. The molecule has 0 spiro atoms. The van der Waals surface area contributed by atoms with Crippen LogP contribution in [0, 0.1) is 0 Å². The smallest absolute Gasteiger partial charge is 0.162 e. The van der Waals surface area contributed by atoms with Crippen LogP contribution in [0.4, 0.5) is 0 Å². The maximum absolute atomic E-state index is 10.8. The summed E-state index contributed by atoms with van der Waals surface area (Å²) in [5.74, 6) is -0.00755. The molecule has 0 saturated heterocycles. The average molecular weight is 168 g/mol. The van der Waals surface area contributed by atoms with Crippen molar-refractivity contribution in [2.75, 3.05) is 0 Å². The van der Waals surface area contributed by atoms with Crippen LogP contribution in [-0.4, -0.2) is 26.8 Å². The topological polar surface area (TPSA) is 55.1 Å². The quantitative estimate of drug-likeness (QED) is 0.667. The van der Waals surface area contributed by atoms with Gasteiger partial charge in [-0.3, -0.25) is 9.48 Å². The molecule has 0 radical (unpaired) electrons. The zero-order valence-electron chi connectivity index (χ0n) is 7.19. The van der Waals surface area contributed by atoms with Crippen LogP contribution in [0.1, 0.15) is 24.2 Å². The molecule has 0 aliphatic carbocycles. The molecule has 0 fully saturated rings. The molecule has 4 heteroatoms. The van der Waals surface area contributed by atoms with Gasteiger partial charge in [0.15, 0.2) is 5.78 Å². The van der Waals surface area contributed by atoms with Crippen LogP contribution in [-0.2, 0) is 6.54 Å². The molecule has 1 N–H and O–H groups in total. The zero-order valence-corrected chi connectivity index (χ0v) is 7.19. The molecule has 0 bridgehead atoms. The minimum atomic E-state index is -0.440. The number of aliphatic hydroxyl groups is 1. The molecule has 0 saturated carbocycles. The van der Waals surface area contributed by atoms with E-state index in [0.717, 1.165) is 0 Å². The number of carbonyl (C=O) groups excluding carboxylic acids is 1. The van der Waals surface area contributed by atoms with Crippen LogP contribution in [0.5, 0.6) is 0 Å². The molecule has 12 heavy (non-hydrogen) atoms. The van der Waals surface area contributed by atoms with Crippen LogP contribution in [0.25, 0.3) is 0 Å². The molecule has 1 aromatic heterocycles. The van der Waals surface area contributed by atoms with E-state index in [9.17, 15) is 4.79 Å². The second-order valence-corrected chi connectivity index (χ2v) is 2.86. The minimum absolute atomic E-state index is 0.00755. The summed E-state index contributed by atoms with van der Waals surface area (Å²) >= 11 is 0. The molecule has 1 unspecified atom stereocenters. The first-order valence-corrected chi connectivity index (χ1v) is 3.81. The van der Waals surface area contributed by atoms with Gasteiger partial charge in [0, 0.05) is 6.20 Å². The summed E-state index contributed by atoms with van der Waals surface area (Å²) in [7, 11) is 0. The van der Waals surface area contributed by atoms with Gasteiger partial charge in [-0.1, -0.05) is 0 Å². The van der Waals surface area contributed by atoms with Gasteiger partial charge in [-0.2, -0.15) is 5.10 Å². The fourth-order valence-corrected chi connectivity index (χ4v) is 0.916. The van der Waals surface area contributed by atoms with Gasteiger partial charge in [0.1, 0.15) is 0 Å². The SMILES string of the molecule is CC(=O)c1cnn(CC(C)O)c1. The first-order valence-electron chi connectivity index (χ1n) is 3.81. The summed E-state index contributed by atoms with van der Waals surface area (Å²) in [4.78, 5) is 10.8. The second-order valence-electron chi connectivity index (χ2n) is 2.86. The van der Waals surface area contributed by atoms with E-state index in [2.05, 4.69) is 5.10 Å². The van der Waals surface area contributed by atoms with E-state index in [1.165, 1.54) is 13.1 Å². The van der Waals surface area contributed by atoms with Crippen molar-refractivity contribution in [3.05, 3.63) is 18.0 Å². The fourth-order valence-electron chi connectivity index (χ4n) is 0.916. The lowest BCUT2D eigenvalue weighted by atomic mass is 10.3. The highest BCUT2D eigenvalue weighted by Crippen LogP contribution is 1.99. The molecule has 0 aromatic carbocycles. The molecule has 0 amide bonds. The fraction of sp³-hybridized carbons (Fsp3) is 0.500. The summed E-state index contributed by atoms with van der Waals surface area (Å²) in [6.07, 6.45) is 2.70. The first kappa shape index (κ1) is 8.93. The minimum Gasteiger partial charge on any atom is -0.391 e. The van der Waals surface area contributed by atoms with E-state index >= 15 is 0 Å². The molecule has 1 atom stereocenters. The van der Waals surface area contributed by atoms with Crippen LogP contribution >= 0.6 is 0 Å².